The van der Waals surface area contributed by atoms with Crippen molar-refractivity contribution in [3.63, 3.8) is 0 Å². The van der Waals surface area contributed by atoms with Crippen molar-refractivity contribution >= 4 is 40.1 Å². The normalized spacial score (nSPS) is 12.1. The summed E-state index contributed by atoms with van der Waals surface area (Å²) in [5, 5.41) is 42.0. The maximum Gasteiger partial charge on any atom is 0.211 e. The van der Waals surface area contributed by atoms with Crippen molar-refractivity contribution in [2.75, 3.05) is 36.7 Å². The smallest absolute Gasteiger partial charge is 0.211 e. The number of alkyl halides is 1. The van der Waals surface area contributed by atoms with E-state index < -0.39 is 12.2 Å². The summed E-state index contributed by atoms with van der Waals surface area (Å²) in [5.74, 6) is 2.26. The molecule has 6 rings (SSSR count). The number of phenols is 1. The van der Waals surface area contributed by atoms with Crippen LogP contribution in [0.5, 0.6) is 23.0 Å². The van der Waals surface area contributed by atoms with E-state index in [9.17, 15) is 24.9 Å². The molecule has 0 aliphatic heterocycles. The molecule has 358 valence electrons. The third-order valence-electron chi connectivity index (χ3n) is 10.2. The molecule has 0 heterocycles. The molecule has 0 bridgehead atoms. The molecule has 0 aromatic heterocycles. The number of halogens is 1. The second kappa shape index (κ2) is 31.7. The van der Waals surface area contributed by atoms with Crippen LogP contribution in [0.4, 0.5) is 11.4 Å². The maximum absolute atomic E-state index is 10.7. The van der Waals surface area contributed by atoms with Gasteiger partial charge in [0.15, 0.2) is 0 Å². The van der Waals surface area contributed by atoms with Gasteiger partial charge < -0.3 is 50.8 Å². The van der Waals surface area contributed by atoms with Crippen LogP contribution < -0.4 is 35.5 Å². The van der Waals surface area contributed by atoms with Crippen molar-refractivity contribution in [3.05, 3.63) is 179 Å². The van der Waals surface area contributed by atoms with Gasteiger partial charge in [-0.3, -0.25) is 9.59 Å². The van der Waals surface area contributed by atoms with Gasteiger partial charge in [-0.05, 0) is 109 Å². The van der Waals surface area contributed by atoms with Crippen LogP contribution in [0.3, 0.4) is 0 Å². The summed E-state index contributed by atoms with van der Waals surface area (Å²) in [6.45, 7) is 9.95. The number of anilines is 2. The number of rotatable bonds is 22. The molecule has 67 heavy (non-hydrogen) atoms. The summed E-state index contributed by atoms with van der Waals surface area (Å²) >= 11 is 3.22. The molecule has 12 nitrogen and oxygen atoms in total. The third kappa shape index (κ3) is 20.5. The number of ether oxygens (including phenoxy) is 3. The van der Waals surface area contributed by atoms with Gasteiger partial charge in [0.2, 0.25) is 12.8 Å². The molecule has 0 aliphatic carbocycles. The number of hydrogen-bond donors (Lipinski definition) is 7. The van der Waals surface area contributed by atoms with E-state index in [1.54, 1.807) is 44.6 Å². The number of carbonyl (C=O) groups is 2. The highest BCUT2D eigenvalue weighted by Gasteiger charge is 2.13. The molecule has 0 saturated heterocycles. The largest absolute Gasteiger partial charge is 0.506 e. The quantitative estimate of drug-likeness (QED) is 0.0197. The molecule has 6 aromatic carbocycles. The van der Waals surface area contributed by atoms with E-state index >= 15 is 0 Å². The van der Waals surface area contributed by atoms with Crippen LogP contribution in [0, 0.1) is 0 Å². The number of carbonyl (C=O) groups excluding carboxylic acids is 2. The van der Waals surface area contributed by atoms with E-state index in [4.69, 9.17) is 14.2 Å². The van der Waals surface area contributed by atoms with Gasteiger partial charge in [-0.1, -0.05) is 127 Å². The van der Waals surface area contributed by atoms with Crippen molar-refractivity contribution in [1.29, 1.82) is 0 Å². The Hall–Kier alpha value is -6.22. The fourth-order valence-corrected chi connectivity index (χ4v) is 6.89. The zero-order chi connectivity index (χ0) is 48.8. The molecule has 13 heteroatoms. The summed E-state index contributed by atoms with van der Waals surface area (Å²) in [5.41, 5.74) is 7.01. The highest BCUT2D eigenvalue weighted by molar-refractivity contribution is 9.09. The number of aliphatic hydroxyl groups excluding tert-OH is 2. The van der Waals surface area contributed by atoms with Gasteiger partial charge in [-0.2, -0.15) is 0 Å². The van der Waals surface area contributed by atoms with Crippen molar-refractivity contribution in [1.82, 2.24) is 10.6 Å². The Morgan fingerprint density at radius 3 is 1.58 bits per heavy atom. The number of amides is 2. The van der Waals surface area contributed by atoms with Crippen molar-refractivity contribution in [3.8, 4) is 23.0 Å². The number of methoxy groups -OCH3 is 2. The molecule has 4 atom stereocenters. The molecule has 0 radical (unpaired) electrons. The summed E-state index contributed by atoms with van der Waals surface area (Å²) in [6, 6.07) is 46.9. The number of hydrogen-bond acceptors (Lipinski definition) is 10. The van der Waals surface area contributed by atoms with Crippen molar-refractivity contribution in [2.24, 2.45) is 0 Å². The lowest BCUT2D eigenvalue weighted by molar-refractivity contribution is -0.106. The topological polar surface area (TPSA) is 171 Å². The Kier molecular flexibility index (Phi) is 26.0. The van der Waals surface area contributed by atoms with Crippen LogP contribution in [0.25, 0.3) is 0 Å². The average Bonchev–Trinajstić information content (AvgIpc) is 3.37. The van der Waals surface area contributed by atoms with E-state index in [0.29, 0.717) is 59.9 Å². The van der Waals surface area contributed by atoms with Gasteiger partial charge in [0.25, 0.3) is 0 Å². The van der Waals surface area contributed by atoms with Gasteiger partial charge >= 0.3 is 0 Å². The first kappa shape index (κ1) is 55.1. The zero-order valence-corrected chi connectivity index (χ0v) is 40.9. The molecule has 0 spiro atoms. The lowest BCUT2D eigenvalue weighted by atomic mass is 10.1. The van der Waals surface area contributed by atoms with Gasteiger partial charge in [-0.15, -0.1) is 0 Å². The van der Waals surface area contributed by atoms with E-state index in [0.717, 1.165) is 36.4 Å². The fraction of sp³-hybridized carbons (Fsp3) is 0.296. The SMILES string of the molecule is CC.COc1ccc(C[C@@H](C)NC[C@H](O)c2ccc(O)c(NC=O)c2)cc1.COc1ccc(C[C@@H](C)NCc2ccccc2)cc1.O=CNc1cc([C@@H](O)CBr)ccc1OCc1ccccc1. The Morgan fingerprint density at radius 1 is 0.582 bits per heavy atom. The number of aliphatic hydroxyl groups is 2. The van der Waals surface area contributed by atoms with Gasteiger partial charge in [-0.25, -0.2) is 0 Å². The Labute approximate surface area is 404 Å². The highest BCUT2D eigenvalue weighted by Crippen LogP contribution is 2.30. The van der Waals surface area contributed by atoms with E-state index in [1.807, 2.05) is 93.6 Å². The lowest BCUT2D eigenvalue weighted by Crippen LogP contribution is -2.32. The van der Waals surface area contributed by atoms with Crippen LogP contribution in [0.1, 0.15) is 73.3 Å². The van der Waals surface area contributed by atoms with Crippen LogP contribution in [0.15, 0.2) is 146 Å². The average molecular weight is 980 g/mol. The summed E-state index contributed by atoms with van der Waals surface area (Å²) in [7, 11) is 3.33. The first-order valence-electron chi connectivity index (χ1n) is 22.3. The molecule has 0 fully saturated rings. The van der Waals surface area contributed by atoms with Gasteiger partial charge in [0.1, 0.15) is 29.6 Å². The predicted molar refractivity (Wildman–Crippen MR) is 273 cm³/mol. The van der Waals surface area contributed by atoms with Crippen LogP contribution in [-0.4, -0.2) is 66.3 Å². The molecule has 0 unspecified atom stereocenters. The molecule has 7 N–H and O–H groups in total. The monoisotopic (exact) mass is 978 g/mol. The summed E-state index contributed by atoms with van der Waals surface area (Å²) < 4.78 is 16.0. The highest BCUT2D eigenvalue weighted by atomic mass is 79.9. The molecule has 6 aromatic rings. The van der Waals surface area contributed by atoms with Crippen LogP contribution in [0.2, 0.25) is 0 Å². The third-order valence-corrected chi connectivity index (χ3v) is 10.8. The minimum Gasteiger partial charge on any atom is -0.506 e. The first-order chi connectivity index (χ1) is 32.5. The number of aromatic hydroxyl groups is 1. The van der Waals surface area contributed by atoms with Crippen LogP contribution >= 0.6 is 15.9 Å². The Bertz CT molecular complexity index is 2270. The van der Waals surface area contributed by atoms with Crippen LogP contribution in [-0.2, 0) is 35.6 Å². The molecular weight excluding hydrogens is 913 g/mol. The minimum atomic E-state index is -0.744. The molecule has 0 saturated carbocycles. The predicted octanol–water partition coefficient (Wildman–Crippen LogP) is 9.93. The summed E-state index contributed by atoms with van der Waals surface area (Å²) in [6.07, 6.45) is 1.56. The molecule has 2 amide bonds. The van der Waals surface area contributed by atoms with Crippen molar-refractivity contribution in [2.45, 2.75) is 78.0 Å². The molecule has 0 aliphatic rings. The van der Waals surface area contributed by atoms with Gasteiger partial charge in [0.05, 0.1) is 37.8 Å². The van der Waals surface area contributed by atoms with E-state index in [-0.39, 0.29) is 17.5 Å². The Balaban J connectivity index is 0.000000264. The second-order valence-electron chi connectivity index (χ2n) is 15.2. The second-order valence-corrected chi connectivity index (χ2v) is 15.8. The zero-order valence-electron chi connectivity index (χ0n) is 39.3. The lowest BCUT2D eigenvalue weighted by Gasteiger charge is -2.18. The number of benzene rings is 6. The Morgan fingerprint density at radius 2 is 1.06 bits per heavy atom. The van der Waals surface area contributed by atoms with E-state index in [1.165, 1.54) is 22.8 Å². The van der Waals surface area contributed by atoms with Crippen molar-refractivity contribution < 1.29 is 39.1 Å². The number of phenolic OH excluding ortho intramolecular Hbond substituents is 1. The van der Waals surface area contributed by atoms with E-state index in [2.05, 4.69) is 80.5 Å². The standard InChI is InChI=1S/C19H24N2O4.C17H21NO.C16H16BrNO3.C2H6/c1-13(9-14-3-6-16(25-2)7-4-14)20-11-19(24)15-5-8-18(23)17(10-15)21-12-22;1-14(18-13-16-6-4-3-5-7-16)12-15-8-10-17(19-2)11-9-15;17-9-15(20)13-6-7-16(14(8-13)18-11-19)21-10-12-4-2-1-3-5-12;1-2/h3-8,10,12-13,19-20,23-24H,9,11H2,1-2H3,(H,21,22);3-11,14,18H,12-13H2,1-2H3;1-8,11,15,20H,9-10H2,(H,18,19);1-2H3/t13-,19+;14-;15-;/m110./s1. The maximum atomic E-state index is 10.7. The fourth-order valence-electron chi connectivity index (χ4n) is 6.51. The minimum absolute atomic E-state index is 0.0381. The number of nitrogens with one attached hydrogen (secondary N) is 4. The van der Waals surface area contributed by atoms with Gasteiger partial charge in [0, 0.05) is 30.5 Å². The first-order valence-corrected chi connectivity index (χ1v) is 23.4. The molecular formula is C54H67BrN4O8. The summed E-state index contributed by atoms with van der Waals surface area (Å²) in [4.78, 5) is 21.2.